The predicted molar refractivity (Wildman–Crippen MR) is 253 cm³/mol. The lowest BCUT2D eigenvalue weighted by Gasteiger charge is -2.15. The molecular weight excluding hydrogens is 859 g/mol. The third kappa shape index (κ3) is 22.4. The Kier molecular flexibility index (Phi) is 28.8. The molecule has 0 unspecified atom stereocenters. The van der Waals surface area contributed by atoms with E-state index in [-0.39, 0.29) is 48.2 Å². The van der Waals surface area contributed by atoms with Crippen LogP contribution in [0.4, 0.5) is 38.2 Å². The summed E-state index contributed by atoms with van der Waals surface area (Å²) >= 11 is 0. The lowest BCUT2D eigenvalue weighted by Crippen LogP contribution is -2.10. The molecule has 0 saturated carbocycles. The van der Waals surface area contributed by atoms with Gasteiger partial charge in [0.05, 0.1) is 13.2 Å². The maximum atomic E-state index is 13.3. The largest absolute Gasteiger partial charge is 0.392 e. The molecule has 0 atom stereocenters. The Hall–Kier alpha value is -4.38. The Labute approximate surface area is 388 Å². The minimum Gasteiger partial charge on any atom is -0.392 e. The number of aliphatic hydroxyl groups excluding tert-OH is 2. The Morgan fingerprint density at radius 1 is 0.364 bits per heavy atom. The molecule has 2 aromatic heterocycles. The molecule has 8 rings (SSSR count). The van der Waals surface area contributed by atoms with Gasteiger partial charge in [-0.05, 0) is 200 Å². The smallest absolute Gasteiger partial charge is 0.222 e. The van der Waals surface area contributed by atoms with Crippen molar-refractivity contribution in [2.75, 3.05) is 50.0 Å². The standard InChI is InChI=1S/2C11H14FN3.2C7H12FN.2C7H11FO/c2*12-10-5-2-1-4-9(10)8-15-11-13-6-3-7-14-11;4*8-7-4-2-1-3-6(7)5-9/h2*3,6-7H,1-2,4-5,8H2,(H,13,14,15);2*1-5,9H2;2*9H,1-5H2. The zero-order valence-electron chi connectivity index (χ0n) is 38.8. The second-order valence-corrected chi connectivity index (χ2v) is 16.9. The Morgan fingerprint density at radius 2 is 0.591 bits per heavy atom. The molecule has 8 N–H and O–H groups in total. The Balaban J connectivity index is 0.000000214. The van der Waals surface area contributed by atoms with Gasteiger partial charge in [0, 0.05) is 51.0 Å². The molecular formula is C50H74F6N8O2. The number of anilines is 2. The third-order valence-corrected chi connectivity index (χ3v) is 12.0. The van der Waals surface area contributed by atoms with Gasteiger partial charge in [0.25, 0.3) is 0 Å². The van der Waals surface area contributed by atoms with Gasteiger partial charge in [-0.3, -0.25) is 0 Å². The molecule has 368 valence electrons. The fraction of sp³-hybridized carbons (Fsp3) is 0.600. The average Bonchev–Trinajstić information content (AvgIpc) is 3.36. The number of nitrogens with two attached hydrogens (primary N) is 2. The zero-order valence-corrected chi connectivity index (χ0v) is 38.8. The van der Waals surface area contributed by atoms with Crippen LogP contribution in [0.5, 0.6) is 0 Å². The van der Waals surface area contributed by atoms with Crippen molar-refractivity contribution in [1.29, 1.82) is 0 Å². The van der Waals surface area contributed by atoms with Crippen molar-refractivity contribution in [2.45, 2.75) is 154 Å². The van der Waals surface area contributed by atoms with E-state index >= 15 is 0 Å². The molecule has 6 aliphatic rings. The van der Waals surface area contributed by atoms with Crippen LogP contribution in [0.1, 0.15) is 154 Å². The Bertz CT molecular complexity index is 1690. The van der Waals surface area contributed by atoms with Crippen LogP contribution in [-0.2, 0) is 0 Å². The van der Waals surface area contributed by atoms with Crippen molar-refractivity contribution in [3.8, 4) is 0 Å². The molecule has 2 aromatic rings. The lowest BCUT2D eigenvalue weighted by molar-refractivity contribution is 0.313. The maximum absolute atomic E-state index is 13.3. The number of aliphatic hydroxyl groups is 2. The van der Waals surface area contributed by atoms with Gasteiger partial charge in [0.1, 0.15) is 35.0 Å². The van der Waals surface area contributed by atoms with E-state index in [9.17, 15) is 26.3 Å². The normalized spacial score (nSPS) is 18.8. The van der Waals surface area contributed by atoms with Gasteiger partial charge in [-0.15, -0.1) is 0 Å². The molecule has 0 amide bonds. The van der Waals surface area contributed by atoms with Crippen molar-refractivity contribution < 1.29 is 36.6 Å². The van der Waals surface area contributed by atoms with E-state index in [1.807, 2.05) is 0 Å². The highest BCUT2D eigenvalue weighted by atomic mass is 19.1. The first-order valence-corrected chi connectivity index (χ1v) is 23.9. The Morgan fingerprint density at radius 3 is 0.788 bits per heavy atom. The SMILES string of the molecule is FC1=C(CNc2ncccn2)CCCC1.FC1=C(CNc2ncccn2)CCCC1.NCC1=C(F)CCCC1.NCC1=C(F)CCCC1.OCC1=C(F)CCCC1.OCC1=C(F)CCCC1. The summed E-state index contributed by atoms with van der Waals surface area (Å²) in [5.41, 5.74) is 15.2. The summed E-state index contributed by atoms with van der Waals surface area (Å²) in [6.07, 6.45) is 27.4. The van der Waals surface area contributed by atoms with E-state index in [4.69, 9.17) is 21.7 Å². The predicted octanol–water partition coefficient (Wildman–Crippen LogP) is 12.4. The van der Waals surface area contributed by atoms with E-state index in [2.05, 4.69) is 30.6 Å². The molecule has 0 saturated heterocycles. The van der Waals surface area contributed by atoms with Crippen LogP contribution in [0.2, 0.25) is 0 Å². The first-order valence-electron chi connectivity index (χ1n) is 23.9. The molecule has 0 fully saturated rings. The summed E-state index contributed by atoms with van der Waals surface area (Å²) in [6, 6.07) is 3.51. The van der Waals surface area contributed by atoms with E-state index in [1.54, 1.807) is 36.9 Å². The number of nitrogens with zero attached hydrogens (tertiary/aromatic N) is 4. The van der Waals surface area contributed by atoms with E-state index < -0.39 is 0 Å². The molecule has 66 heavy (non-hydrogen) atoms. The van der Waals surface area contributed by atoms with Gasteiger partial charge in [-0.1, -0.05) is 0 Å². The average molecular weight is 933 g/mol. The van der Waals surface area contributed by atoms with Crippen molar-refractivity contribution in [3.63, 3.8) is 0 Å². The monoisotopic (exact) mass is 933 g/mol. The number of halogens is 6. The van der Waals surface area contributed by atoms with Crippen molar-refractivity contribution in [1.82, 2.24) is 19.9 Å². The summed E-state index contributed by atoms with van der Waals surface area (Å²) in [6.45, 7) is 1.68. The number of nitrogens with one attached hydrogen (secondary N) is 2. The van der Waals surface area contributed by atoms with Crippen LogP contribution in [-0.4, -0.2) is 69.5 Å². The number of allylic oxidation sites excluding steroid dienone is 6. The summed E-state index contributed by atoms with van der Waals surface area (Å²) < 4.78 is 77.1. The molecule has 0 bridgehead atoms. The summed E-state index contributed by atoms with van der Waals surface area (Å²) in [5.74, 6) is 1.14. The van der Waals surface area contributed by atoms with Gasteiger partial charge in [-0.25, -0.2) is 46.3 Å². The van der Waals surface area contributed by atoms with Gasteiger partial charge < -0.3 is 32.3 Å². The van der Waals surface area contributed by atoms with E-state index in [0.717, 1.165) is 138 Å². The maximum Gasteiger partial charge on any atom is 0.222 e. The first kappa shape index (κ1) is 55.9. The summed E-state index contributed by atoms with van der Waals surface area (Å²) in [7, 11) is 0. The molecule has 0 aliphatic heterocycles. The quantitative estimate of drug-likeness (QED) is 0.126. The summed E-state index contributed by atoms with van der Waals surface area (Å²) in [5, 5.41) is 23.2. The minimum atomic E-state index is -0.0914. The van der Waals surface area contributed by atoms with Crippen LogP contribution in [0.3, 0.4) is 0 Å². The second-order valence-electron chi connectivity index (χ2n) is 16.9. The van der Waals surface area contributed by atoms with Gasteiger partial charge in [-0.2, -0.15) is 0 Å². The highest BCUT2D eigenvalue weighted by Gasteiger charge is 2.15. The number of rotatable bonds is 10. The first-order chi connectivity index (χ1) is 32.1. The lowest BCUT2D eigenvalue weighted by atomic mass is 9.98. The van der Waals surface area contributed by atoms with Crippen LogP contribution in [0.15, 0.2) is 105 Å². The van der Waals surface area contributed by atoms with Crippen LogP contribution < -0.4 is 22.1 Å². The molecule has 2 heterocycles. The number of hydrogen-bond acceptors (Lipinski definition) is 10. The molecule has 6 aliphatic carbocycles. The molecule has 0 spiro atoms. The van der Waals surface area contributed by atoms with Crippen molar-refractivity contribution in [2.24, 2.45) is 11.5 Å². The highest BCUT2D eigenvalue weighted by Crippen LogP contribution is 2.29. The highest BCUT2D eigenvalue weighted by molar-refractivity contribution is 5.29. The fourth-order valence-corrected chi connectivity index (χ4v) is 7.86. The molecule has 10 nitrogen and oxygen atoms in total. The van der Waals surface area contributed by atoms with Gasteiger partial charge in [0.2, 0.25) is 11.9 Å². The minimum absolute atomic E-state index is 0.0451. The zero-order chi connectivity index (χ0) is 47.8. The van der Waals surface area contributed by atoms with Gasteiger partial charge >= 0.3 is 0 Å². The fourth-order valence-electron chi connectivity index (χ4n) is 7.86. The number of aromatic nitrogens is 4. The van der Waals surface area contributed by atoms with Crippen LogP contribution >= 0.6 is 0 Å². The molecule has 0 radical (unpaired) electrons. The van der Waals surface area contributed by atoms with Gasteiger partial charge in [0.15, 0.2) is 0 Å². The van der Waals surface area contributed by atoms with E-state index in [1.165, 1.54) is 0 Å². The van der Waals surface area contributed by atoms with E-state index in [0.29, 0.717) is 87.7 Å². The van der Waals surface area contributed by atoms with Crippen molar-refractivity contribution >= 4 is 11.9 Å². The number of hydrogen-bond donors (Lipinski definition) is 6. The summed E-state index contributed by atoms with van der Waals surface area (Å²) in [4.78, 5) is 16.1. The topological polar surface area (TPSA) is 168 Å². The second kappa shape index (κ2) is 34.0. The molecule has 0 aromatic carbocycles. The van der Waals surface area contributed by atoms with Crippen LogP contribution in [0, 0.1) is 0 Å². The van der Waals surface area contributed by atoms with Crippen molar-refractivity contribution in [3.05, 3.63) is 105 Å². The third-order valence-electron chi connectivity index (χ3n) is 12.0. The van der Waals surface area contributed by atoms with Crippen LogP contribution in [0.25, 0.3) is 0 Å². The molecule has 16 heteroatoms.